The van der Waals surface area contributed by atoms with Crippen LogP contribution in [0, 0.1) is 6.92 Å². The van der Waals surface area contributed by atoms with Gasteiger partial charge in [-0.3, -0.25) is 0 Å². The van der Waals surface area contributed by atoms with Crippen LogP contribution >= 0.6 is 11.3 Å². The molecule has 0 saturated heterocycles. The van der Waals surface area contributed by atoms with E-state index in [2.05, 4.69) is 17.2 Å². The number of aliphatic hydroxyl groups excluding tert-OH is 1. The van der Waals surface area contributed by atoms with Crippen LogP contribution in [-0.2, 0) is 0 Å². The maximum absolute atomic E-state index is 10.8. The Morgan fingerprint density at radius 2 is 1.96 bits per heavy atom. The second kappa shape index (κ2) is 6.53. The van der Waals surface area contributed by atoms with Crippen LogP contribution < -0.4 is 16.8 Å². The average molecular weight is 382 g/mol. The van der Waals surface area contributed by atoms with Crippen molar-refractivity contribution in [1.29, 1.82) is 0 Å². The number of nitrogens with one attached hydrogen (secondary N) is 1. The molecule has 4 rings (SSSR count). The molecular weight excluding hydrogens is 360 g/mol. The summed E-state index contributed by atoms with van der Waals surface area (Å²) in [5.74, 6) is 0.433. The molecule has 0 spiro atoms. The van der Waals surface area contributed by atoms with E-state index in [1.165, 1.54) is 11.3 Å². The largest absolute Gasteiger partial charge is 0.507 e. The van der Waals surface area contributed by atoms with Gasteiger partial charge < -0.3 is 27.0 Å². The Kier molecular flexibility index (Phi) is 4.30. The first-order valence-corrected chi connectivity index (χ1v) is 9.60. The third kappa shape index (κ3) is 2.84. The monoisotopic (exact) mass is 382 g/mol. The van der Waals surface area contributed by atoms with E-state index in [9.17, 15) is 10.2 Å². The number of phenols is 1. The molecule has 1 aromatic heterocycles. The molecule has 0 fully saturated rings. The summed E-state index contributed by atoms with van der Waals surface area (Å²) < 4.78 is 0. The molecule has 6 nitrogen and oxygen atoms in total. The van der Waals surface area contributed by atoms with Gasteiger partial charge in [-0.05, 0) is 42.1 Å². The van der Waals surface area contributed by atoms with Crippen molar-refractivity contribution in [3.05, 3.63) is 46.3 Å². The number of hydrogen-bond donors (Lipinski definition) is 5. The van der Waals surface area contributed by atoms with Crippen LogP contribution in [-0.4, -0.2) is 21.7 Å². The van der Waals surface area contributed by atoms with E-state index in [1.807, 2.05) is 31.2 Å². The molecule has 1 aliphatic rings. The van der Waals surface area contributed by atoms with E-state index in [1.54, 1.807) is 6.07 Å². The molecule has 7 N–H and O–H groups in total. The number of fused-ring (bicyclic) bond motifs is 3. The highest BCUT2D eigenvalue weighted by Crippen LogP contribution is 2.51. The molecule has 27 heavy (non-hydrogen) atoms. The minimum atomic E-state index is -0.869. The second-order valence-electron chi connectivity index (χ2n) is 6.91. The highest BCUT2D eigenvalue weighted by molar-refractivity contribution is 7.16. The third-order valence-corrected chi connectivity index (χ3v) is 6.00. The lowest BCUT2D eigenvalue weighted by Gasteiger charge is -2.27. The van der Waals surface area contributed by atoms with Crippen molar-refractivity contribution < 1.29 is 10.2 Å². The van der Waals surface area contributed by atoms with Crippen LogP contribution in [0.15, 0.2) is 30.3 Å². The molecule has 3 aromatic rings. The Morgan fingerprint density at radius 3 is 2.63 bits per heavy atom. The number of benzene rings is 2. The number of phenolic OH excluding ortho intramolecular Hbond substituents is 1. The topological polar surface area (TPSA) is 117 Å². The van der Waals surface area contributed by atoms with Crippen molar-refractivity contribution in [1.82, 2.24) is 4.98 Å². The van der Waals surface area contributed by atoms with Gasteiger partial charge in [0.05, 0.1) is 10.6 Å². The molecule has 0 aliphatic carbocycles. The van der Waals surface area contributed by atoms with Gasteiger partial charge in [0.25, 0.3) is 0 Å². The molecule has 1 aliphatic heterocycles. The number of nitrogen functional groups attached to an aromatic ring is 1. The number of rotatable bonds is 3. The minimum Gasteiger partial charge on any atom is -0.507 e. The first kappa shape index (κ1) is 17.8. The van der Waals surface area contributed by atoms with Crippen LogP contribution in [0.4, 0.5) is 10.8 Å². The van der Waals surface area contributed by atoms with Gasteiger partial charge in [-0.2, -0.15) is 0 Å². The lowest BCUT2D eigenvalue weighted by molar-refractivity contribution is 0.211. The highest BCUT2D eigenvalue weighted by atomic mass is 32.1. The zero-order chi connectivity index (χ0) is 19.3. The lowest BCUT2D eigenvalue weighted by atomic mass is 9.89. The quantitative estimate of drug-likeness (QED) is 0.442. The fourth-order valence-corrected chi connectivity index (χ4v) is 4.32. The molecule has 0 amide bonds. The number of thiazole rings is 1. The van der Waals surface area contributed by atoms with Crippen LogP contribution in [0.1, 0.15) is 35.1 Å². The second-order valence-corrected chi connectivity index (χ2v) is 7.97. The van der Waals surface area contributed by atoms with Gasteiger partial charge in [-0.1, -0.05) is 42.5 Å². The summed E-state index contributed by atoms with van der Waals surface area (Å²) in [5, 5.41) is 24.7. The molecule has 140 valence electrons. The SMILES string of the molecule is Cc1cc(O)c(-c2ccc([C@@H](C)CN)cc2)c2c1NC(O)c1sc(N)nc1-2. The fourth-order valence-electron chi connectivity index (χ4n) is 3.54. The number of anilines is 2. The molecular formula is C20H22N4O2S. The fraction of sp³-hybridized carbons (Fsp3) is 0.250. The van der Waals surface area contributed by atoms with Crippen molar-refractivity contribution in [2.75, 3.05) is 17.6 Å². The van der Waals surface area contributed by atoms with E-state index in [-0.39, 0.29) is 11.7 Å². The van der Waals surface area contributed by atoms with Crippen molar-refractivity contribution in [3.8, 4) is 28.1 Å². The first-order chi connectivity index (χ1) is 12.9. The van der Waals surface area contributed by atoms with Gasteiger partial charge in [0.2, 0.25) is 0 Å². The Hall–Kier alpha value is -2.61. The van der Waals surface area contributed by atoms with Crippen molar-refractivity contribution >= 4 is 22.2 Å². The summed E-state index contributed by atoms with van der Waals surface area (Å²) in [6, 6.07) is 9.71. The molecule has 7 heteroatoms. The van der Waals surface area contributed by atoms with Gasteiger partial charge in [-0.25, -0.2) is 4.98 Å². The highest BCUT2D eigenvalue weighted by Gasteiger charge is 2.31. The van der Waals surface area contributed by atoms with Crippen LogP contribution in [0.5, 0.6) is 5.75 Å². The summed E-state index contributed by atoms with van der Waals surface area (Å²) in [5.41, 5.74) is 17.3. The molecule has 2 aromatic carbocycles. The number of aryl methyl sites for hydroxylation is 1. The van der Waals surface area contributed by atoms with Gasteiger partial charge in [0.15, 0.2) is 11.4 Å². The minimum absolute atomic E-state index is 0.168. The summed E-state index contributed by atoms with van der Waals surface area (Å²) in [7, 11) is 0. The summed E-state index contributed by atoms with van der Waals surface area (Å²) >= 11 is 1.25. The maximum atomic E-state index is 10.8. The predicted molar refractivity (Wildman–Crippen MR) is 110 cm³/mol. The smallest absolute Gasteiger partial charge is 0.180 e. The number of aliphatic hydroxyl groups is 1. The number of hydrogen-bond acceptors (Lipinski definition) is 7. The van der Waals surface area contributed by atoms with E-state index >= 15 is 0 Å². The van der Waals surface area contributed by atoms with Crippen molar-refractivity contribution in [2.45, 2.75) is 26.0 Å². The van der Waals surface area contributed by atoms with E-state index in [4.69, 9.17) is 11.5 Å². The number of aromatic hydroxyl groups is 1. The van der Waals surface area contributed by atoms with Crippen LogP contribution in [0.25, 0.3) is 22.4 Å². The number of nitrogens with zero attached hydrogens (tertiary/aromatic N) is 1. The van der Waals surface area contributed by atoms with Gasteiger partial charge in [-0.15, -0.1) is 0 Å². The van der Waals surface area contributed by atoms with Crippen LogP contribution in [0.2, 0.25) is 0 Å². The standard InChI is InChI=1S/C20H22N4O2S/c1-9-7-13(25)14(12-5-3-11(4-6-12)10(2)8-21)15-16(9)23-19(26)18-17(15)24-20(22)27-18/h3-7,10,19,23,25-26H,8,21H2,1-2H3,(H2,22,24)/t10-,19?/m0/s1. The zero-order valence-electron chi connectivity index (χ0n) is 15.2. The van der Waals surface area contributed by atoms with Crippen molar-refractivity contribution in [2.24, 2.45) is 5.73 Å². The lowest BCUT2D eigenvalue weighted by Crippen LogP contribution is -2.16. The Morgan fingerprint density at radius 1 is 1.26 bits per heavy atom. The summed E-state index contributed by atoms with van der Waals surface area (Å²) in [6.45, 7) is 4.54. The Labute approximate surface area is 161 Å². The maximum Gasteiger partial charge on any atom is 0.180 e. The molecule has 2 atom stereocenters. The van der Waals surface area contributed by atoms with E-state index in [0.29, 0.717) is 27.8 Å². The number of nitrogens with two attached hydrogens (primary N) is 2. The molecule has 0 radical (unpaired) electrons. The Bertz CT molecular complexity index is 1010. The third-order valence-electron chi connectivity index (χ3n) is 5.06. The Balaban J connectivity index is 1.95. The first-order valence-electron chi connectivity index (χ1n) is 8.78. The molecule has 0 bridgehead atoms. The van der Waals surface area contributed by atoms with E-state index in [0.717, 1.165) is 27.9 Å². The normalized spacial score (nSPS) is 16.4. The molecule has 1 unspecified atom stereocenters. The van der Waals surface area contributed by atoms with Gasteiger partial charge in [0.1, 0.15) is 5.75 Å². The van der Waals surface area contributed by atoms with Crippen LogP contribution in [0.3, 0.4) is 0 Å². The predicted octanol–water partition coefficient (Wildman–Crippen LogP) is 3.55. The summed E-state index contributed by atoms with van der Waals surface area (Å²) in [4.78, 5) is 5.09. The summed E-state index contributed by atoms with van der Waals surface area (Å²) in [6.07, 6.45) is -0.869. The molecule has 2 heterocycles. The average Bonchev–Trinajstić information content (AvgIpc) is 3.05. The zero-order valence-corrected chi connectivity index (χ0v) is 16.0. The van der Waals surface area contributed by atoms with Crippen molar-refractivity contribution in [3.63, 3.8) is 0 Å². The number of aromatic nitrogens is 1. The molecule has 0 saturated carbocycles. The van der Waals surface area contributed by atoms with Gasteiger partial charge in [0, 0.05) is 16.8 Å². The van der Waals surface area contributed by atoms with E-state index < -0.39 is 6.23 Å². The van der Waals surface area contributed by atoms with Gasteiger partial charge >= 0.3 is 0 Å².